The van der Waals surface area contributed by atoms with Crippen LogP contribution >= 0.6 is 0 Å². The first kappa shape index (κ1) is 8.76. The molecule has 0 aromatic heterocycles. The van der Waals surface area contributed by atoms with E-state index in [1.54, 1.807) is 19.1 Å². The minimum atomic E-state index is -0.321. The standard InChI is InChI=1S/C10H11NO/c1-8(12)6-9-2-4-10(7-11)5-3-9/h2-5,8,12H,6H2,1H3/t8-/m0/s1. The van der Waals surface area contributed by atoms with Crippen LogP contribution in [0.2, 0.25) is 0 Å². The number of hydrogen-bond acceptors (Lipinski definition) is 2. The van der Waals surface area contributed by atoms with Crippen LogP contribution in [0.1, 0.15) is 18.1 Å². The molecule has 0 radical (unpaired) electrons. The van der Waals surface area contributed by atoms with E-state index in [-0.39, 0.29) is 6.10 Å². The lowest BCUT2D eigenvalue weighted by molar-refractivity contribution is 0.195. The van der Waals surface area contributed by atoms with Crippen LogP contribution in [0, 0.1) is 11.3 Å². The second-order valence-corrected chi connectivity index (χ2v) is 2.86. The zero-order valence-electron chi connectivity index (χ0n) is 6.99. The van der Waals surface area contributed by atoms with Gasteiger partial charge in [0, 0.05) is 0 Å². The second-order valence-electron chi connectivity index (χ2n) is 2.86. The summed E-state index contributed by atoms with van der Waals surface area (Å²) in [5, 5.41) is 17.6. The summed E-state index contributed by atoms with van der Waals surface area (Å²) < 4.78 is 0. The lowest BCUT2D eigenvalue weighted by atomic mass is 10.1. The SMILES string of the molecule is C[C@H](O)Cc1ccc(C#N)cc1. The highest BCUT2D eigenvalue weighted by atomic mass is 16.3. The van der Waals surface area contributed by atoms with Gasteiger partial charge in [-0.25, -0.2) is 0 Å². The van der Waals surface area contributed by atoms with Crippen molar-refractivity contribution in [2.75, 3.05) is 0 Å². The number of aliphatic hydroxyl groups is 1. The van der Waals surface area contributed by atoms with Gasteiger partial charge in [-0.1, -0.05) is 12.1 Å². The fourth-order valence-corrected chi connectivity index (χ4v) is 1.06. The Bertz CT molecular complexity index is 282. The summed E-state index contributed by atoms with van der Waals surface area (Å²) in [6.07, 6.45) is 0.323. The van der Waals surface area contributed by atoms with Gasteiger partial charge in [0.2, 0.25) is 0 Å². The number of nitrogens with zero attached hydrogens (tertiary/aromatic N) is 1. The summed E-state index contributed by atoms with van der Waals surface area (Å²) in [6.45, 7) is 1.75. The van der Waals surface area contributed by atoms with Gasteiger partial charge in [-0.2, -0.15) is 5.26 Å². The Kier molecular flexibility index (Phi) is 2.84. The van der Waals surface area contributed by atoms with Crippen molar-refractivity contribution >= 4 is 0 Å². The molecule has 1 rings (SSSR count). The molecule has 0 fully saturated rings. The summed E-state index contributed by atoms with van der Waals surface area (Å²) in [7, 11) is 0. The molecule has 1 aromatic rings. The van der Waals surface area contributed by atoms with E-state index in [0.717, 1.165) is 5.56 Å². The Balaban J connectivity index is 2.73. The van der Waals surface area contributed by atoms with Gasteiger partial charge in [-0.05, 0) is 31.0 Å². The zero-order chi connectivity index (χ0) is 8.97. The molecule has 0 spiro atoms. The van der Waals surface area contributed by atoms with Crippen LogP contribution in [0.15, 0.2) is 24.3 Å². The number of benzene rings is 1. The first-order valence-corrected chi connectivity index (χ1v) is 3.89. The average Bonchev–Trinajstić information content (AvgIpc) is 2.05. The predicted octanol–water partition coefficient (Wildman–Crippen LogP) is 1.48. The number of rotatable bonds is 2. The van der Waals surface area contributed by atoms with E-state index < -0.39 is 0 Å². The molecule has 1 aromatic carbocycles. The van der Waals surface area contributed by atoms with Gasteiger partial charge in [0.15, 0.2) is 0 Å². The van der Waals surface area contributed by atoms with Crippen molar-refractivity contribution in [1.82, 2.24) is 0 Å². The van der Waals surface area contributed by atoms with Crippen LogP contribution in [-0.2, 0) is 6.42 Å². The lowest BCUT2D eigenvalue weighted by Crippen LogP contribution is -2.03. The first-order valence-electron chi connectivity index (χ1n) is 3.89. The molecule has 2 heteroatoms. The van der Waals surface area contributed by atoms with E-state index in [9.17, 15) is 0 Å². The average molecular weight is 161 g/mol. The first-order chi connectivity index (χ1) is 5.72. The minimum Gasteiger partial charge on any atom is -0.393 e. The van der Waals surface area contributed by atoms with Gasteiger partial charge in [-0.3, -0.25) is 0 Å². The maximum absolute atomic E-state index is 9.07. The molecule has 0 aliphatic heterocycles. The number of aliphatic hydroxyl groups excluding tert-OH is 1. The molecule has 0 amide bonds. The highest BCUT2D eigenvalue weighted by Crippen LogP contribution is 2.05. The monoisotopic (exact) mass is 161 g/mol. The maximum atomic E-state index is 9.07. The molecular formula is C10H11NO. The van der Waals surface area contributed by atoms with Gasteiger partial charge >= 0.3 is 0 Å². The van der Waals surface area contributed by atoms with Crippen molar-refractivity contribution < 1.29 is 5.11 Å². The van der Waals surface area contributed by atoms with E-state index in [0.29, 0.717) is 12.0 Å². The summed E-state index contributed by atoms with van der Waals surface area (Å²) in [4.78, 5) is 0. The zero-order valence-corrected chi connectivity index (χ0v) is 6.99. The molecule has 0 bridgehead atoms. The Morgan fingerprint density at radius 2 is 2.00 bits per heavy atom. The molecule has 0 saturated heterocycles. The highest BCUT2D eigenvalue weighted by Gasteiger charge is 1.98. The van der Waals surface area contributed by atoms with E-state index in [2.05, 4.69) is 0 Å². The molecule has 0 aliphatic rings. The predicted molar refractivity (Wildman–Crippen MR) is 46.5 cm³/mol. The van der Waals surface area contributed by atoms with Crippen LogP contribution in [0.3, 0.4) is 0 Å². The van der Waals surface area contributed by atoms with Crippen LogP contribution in [0.4, 0.5) is 0 Å². The van der Waals surface area contributed by atoms with Gasteiger partial charge in [0.1, 0.15) is 0 Å². The second kappa shape index (κ2) is 3.89. The van der Waals surface area contributed by atoms with Crippen molar-refractivity contribution in [3.8, 4) is 6.07 Å². The molecule has 0 aliphatic carbocycles. The summed E-state index contributed by atoms with van der Waals surface area (Å²) in [5.41, 5.74) is 1.72. The van der Waals surface area contributed by atoms with E-state index in [4.69, 9.17) is 10.4 Å². The van der Waals surface area contributed by atoms with E-state index >= 15 is 0 Å². The van der Waals surface area contributed by atoms with Crippen molar-refractivity contribution in [2.24, 2.45) is 0 Å². The van der Waals surface area contributed by atoms with Gasteiger partial charge < -0.3 is 5.11 Å². The van der Waals surface area contributed by atoms with Gasteiger partial charge in [-0.15, -0.1) is 0 Å². The molecule has 2 nitrogen and oxygen atoms in total. The quantitative estimate of drug-likeness (QED) is 0.714. The smallest absolute Gasteiger partial charge is 0.0991 e. The fraction of sp³-hybridized carbons (Fsp3) is 0.300. The molecule has 0 saturated carbocycles. The Labute approximate surface area is 72.1 Å². The van der Waals surface area contributed by atoms with Gasteiger partial charge in [0.05, 0.1) is 17.7 Å². The third-order valence-electron chi connectivity index (χ3n) is 1.61. The molecule has 1 atom stereocenters. The minimum absolute atomic E-state index is 0.321. The normalized spacial score (nSPS) is 12.1. The number of nitriles is 1. The topological polar surface area (TPSA) is 44.0 Å². The molecule has 62 valence electrons. The van der Waals surface area contributed by atoms with E-state index in [1.807, 2.05) is 18.2 Å². The molecule has 0 heterocycles. The van der Waals surface area contributed by atoms with Crippen molar-refractivity contribution in [3.63, 3.8) is 0 Å². The van der Waals surface area contributed by atoms with Crippen molar-refractivity contribution in [2.45, 2.75) is 19.4 Å². The van der Waals surface area contributed by atoms with Gasteiger partial charge in [0.25, 0.3) is 0 Å². The van der Waals surface area contributed by atoms with Crippen molar-refractivity contribution in [1.29, 1.82) is 5.26 Å². The Morgan fingerprint density at radius 3 is 2.42 bits per heavy atom. The summed E-state index contributed by atoms with van der Waals surface area (Å²) in [6, 6.07) is 9.30. The molecular weight excluding hydrogens is 150 g/mol. The largest absolute Gasteiger partial charge is 0.393 e. The lowest BCUT2D eigenvalue weighted by Gasteiger charge is -2.02. The van der Waals surface area contributed by atoms with E-state index in [1.165, 1.54) is 0 Å². The summed E-state index contributed by atoms with van der Waals surface area (Å²) in [5.74, 6) is 0. The molecule has 1 N–H and O–H groups in total. The fourth-order valence-electron chi connectivity index (χ4n) is 1.06. The van der Waals surface area contributed by atoms with Crippen LogP contribution in [0.25, 0.3) is 0 Å². The molecule has 0 unspecified atom stereocenters. The van der Waals surface area contributed by atoms with Crippen LogP contribution < -0.4 is 0 Å². The molecule has 12 heavy (non-hydrogen) atoms. The van der Waals surface area contributed by atoms with Crippen LogP contribution in [-0.4, -0.2) is 11.2 Å². The Hall–Kier alpha value is -1.33. The highest BCUT2D eigenvalue weighted by molar-refractivity contribution is 5.31. The third kappa shape index (κ3) is 2.37. The van der Waals surface area contributed by atoms with Crippen LogP contribution in [0.5, 0.6) is 0 Å². The third-order valence-corrected chi connectivity index (χ3v) is 1.61. The maximum Gasteiger partial charge on any atom is 0.0991 e. The Morgan fingerprint density at radius 1 is 1.42 bits per heavy atom. The van der Waals surface area contributed by atoms with Crippen molar-refractivity contribution in [3.05, 3.63) is 35.4 Å². The number of hydrogen-bond donors (Lipinski definition) is 1. The summed E-state index contributed by atoms with van der Waals surface area (Å²) >= 11 is 0.